The Hall–Kier alpha value is -0.690. The SMILES string of the molecule is CO[C@H]1O[C@H](CO)C(O)C2[C@@H]1[C@@H]2C(=O)[O-]. The maximum atomic E-state index is 10.7. The molecule has 2 fully saturated rings. The molecule has 0 spiro atoms. The lowest BCUT2D eigenvalue weighted by Gasteiger charge is -2.31. The summed E-state index contributed by atoms with van der Waals surface area (Å²) in [6.45, 7) is -0.357. The molecule has 1 saturated carbocycles. The Kier molecular flexibility index (Phi) is 2.68. The molecule has 6 heteroatoms. The van der Waals surface area contributed by atoms with Crippen molar-refractivity contribution < 1.29 is 29.6 Å². The number of aliphatic carboxylic acids is 1. The number of carboxylic acids is 1. The Morgan fingerprint density at radius 2 is 2.20 bits per heavy atom. The summed E-state index contributed by atoms with van der Waals surface area (Å²) in [6, 6.07) is 0. The second kappa shape index (κ2) is 3.71. The van der Waals surface area contributed by atoms with Crippen molar-refractivity contribution in [2.24, 2.45) is 17.8 Å². The molecule has 0 radical (unpaired) electrons. The van der Waals surface area contributed by atoms with Crippen molar-refractivity contribution in [3.8, 4) is 0 Å². The van der Waals surface area contributed by atoms with Crippen molar-refractivity contribution in [3.05, 3.63) is 0 Å². The van der Waals surface area contributed by atoms with Crippen LogP contribution < -0.4 is 5.11 Å². The first-order chi connectivity index (χ1) is 7.11. The van der Waals surface area contributed by atoms with E-state index in [0.717, 1.165) is 0 Å². The largest absolute Gasteiger partial charge is 0.550 e. The summed E-state index contributed by atoms with van der Waals surface area (Å²) in [5.41, 5.74) is 0. The van der Waals surface area contributed by atoms with Crippen LogP contribution in [0.1, 0.15) is 0 Å². The van der Waals surface area contributed by atoms with Gasteiger partial charge in [0.15, 0.2) is 6.29 Å². The molecule has 0 aromatic carbocycles. The number of aliphatic hydroxyl groups is 2. The quantitative estimate of drug-likeness (QED) is 0.534. The molecule has 0 aromatic heterocycles. The van der Waals surface area contributed by atoms with Gasteiger partial charge in [-0.15, -0.1) is 0 Å². The standard InChI is InChI=1S/C9H14O6/c1-14-9-6-4(5(6)8(12)13)7(11)3(2-10)15-9/h3-7,9-11H,2H2,1H3,(H,12,13)/p-1/t3-,4?,5-,6-,7?,9+/m1/s1. The Balaban J connectivity index is 2.13. The van der Waals surface area contributed by atoms with E-state index in [1.54, 1.807) is 0 Å². The minimum atomic E-state index is -1.20. The Labute approximate surface area is 86.4 Å². The first-order valence-electron chi connectivity index (χ1n) is 4.79. The third kappa shape index (κ3) is 1.53. The van der Waals surface area contributed by atoms with Crippen LogP contribution in [0.25, 0.3) is 0 Å². The smallest absolute Gasteiger partial charge is 0.161 e. The van der Waals surface area contributed by atoms with E-state index >= 15 is 0 Å². The molecule has 6 nitrogen and oxygen atoms in total. The second-order valence-corrected chi connectivity index (χ2v) is 3.95. The molecule has 0 amide bonds. The molecule has 2 unspecified atom stereocenters. The lowest BCUT2D eigenvalue weighted by atomic mass is 10.0. The van der Waals surface area contributed by atoms with Crippen LogP contribution in [0.2, 0.25) is 0 Å². The number of fused-ring (bicyclic) bond motifs is 1. The van der Waals surface area contributed by atoms with Crippen LogP contribution in [0.15, 0.2) is 0 Å². The highest BCUT2D eigenvalue weighted by Crippen LogP contribution is 2.55. The van der Waals surface area contributed by atoms with Crippen molar-refractivity contribution in [2.75, 3.05) is 13.7 Å². The molecule has 2 rings (SSSR count). The van der Waals surface area contributed by atoms with Gasteiger partial charge in [-0.2, -0.15) is 0 Å². The molecule has 15 heavy (non-hydrogen) atoms. The zero-order chi connectivity index (χ0) is 11.2. The molecule has 1 saturated heterocycles. The van der Waals surface area contributed by atoms with E-state index in [-0.39, 0.29) is 12.5 Å². The molecular formula is C9H13O6-. The molecule has 1 aliphatic heterocycles. The van der Waals surface area contributed by atoms with Crippen LogP contribution in [-0.4, -0.2) is 48.4 Å². The summed E-state index contributed by atoms with van der Waals surface area (Å²) < 4.78 is 10.2. The predicted octanol–water partition coefficient (Wildman–Crippen LogP) is -2.68. The predicted molar refractivity (Wildman–Crippen MR) is 44.2 cm³/mol. The minimum Gasteiger partial charge on any atom is -0.550 e. The van der Waals surface area contributed by atoms with Gasteiger partial charge in [0.25, 0.3) is 0 Å². The molecule has 6 atom stereocenters. The van der Waals surface area contributed by atoms with E-state index < -0.39 is 36.3 Å². The fraction of sp³-hybridized carbons (Fsp3) is 0.889. The molecule has 2 N–H and O–H groups in total. The van der Waals surface area contributed by atoms with Crippen molar-refractivity contribution in [3.63, 3.8) is 0 Å². The van der Waals surface area contributed by atoms with E-state index in [0.29, 0.717) is 0 Å². The maximum Gasteiger partial charge on any atom is 0.161 e. The normalized spacial score (nSPS) is 48.5. The highest BCUT2D eigenvalue weighted by molar-refractivity contribution is 5.72. The summed E-state index contributed by atoms with van der Waals surface area (Å²) in [5, 5.41) is 29.3. The van der Waals surface area contributed by atoms with Crippen LogP contribution in [-0.2, 0) is 14.3 Å². The summed E-state index contributed by atoms with van der Waals surface area (Å²) in [7, 11) is 1.40. The number of carbonyl (C=O) groups is 1. The van der Waals surface area contributed by atoms with Crippen molar-refractivity contribution >= 4 is 5.97 Å². The third-order valence-electron chi connectivity index (χ3n) is 3.22. The fourth-order valence-electron chi connectivity index (χ4n) is 2.42. The van der Waals surface area contributed by atoms with Crippen LogP contribution in [0.5, 0.6) is 0 Å². The second-order valence-electron chi connectivity index (χ2n) is 3.95. The monoisotopic (exact) mass is 217 g/mol. The molecule has 86 valence electrons. The van der Waals surface area contributed by atoms with Crippen molar-refractivity contribution in [1.29, 1.82) is 0 Å². The van der Waals surface area contributed by atoms with Gasteiger partial charge in [0.05, 0.1) is 12.7 Å². The summed E-state index contributed by atoms with van der Waals surface area (Å²) in [4.78, 5) is 10.7. The average molecular weight is 217 g/mol. The van der Waals surface area contributed by atoms with E-state index in [2.05, 4.69) is 0 Å². The lowest BCUT2D eigenvalue weighted by Crippen LogP contribution is -2.43. The summed E-state index contributed by atoms with van der Waals surface area (Å²) >= 11 is 0. The molecule has 1 heterocycles. The van der Waals surface area contributed by atoms with E-state index in [4.69, 9.17) is 14.6 Å². The minimum absolute atomic E-state index is 0.357. The third-order valence-corrected chi connectivity index (χ3v) is 3.22. The van der Waals surface area contributed by atoms with Gasteiger partial charge < -0.3 is 29.6 Å². The molecular weight excluding hydrogens is 204 g/mol. The van der Waals surface area contributed by atoms with Crippen molar-refractivity contribution in [2.45, 2.75) is 18.5 Å². The molecule has 1 aliphatic carbocycles. The number of hydrogen-bond donors (Lipinski definition) is 2. The lowest BCUT2D eigenvalue weighted by molar-refractivity contribution is -0.309. The Morgan fingerprint density at radius 1 is 1.53 bits per heavy atom. The first-order valence-corrected chi connectivity index (χ1v) is 4.79. The molecule has 0 aromatic rings. The average Bonchev–Trinajstić information content (AvgIpc) is 2.94. The highest BCUT2D eigenvalue weighted by atomic mass is 16.7. The number of aliphatic hydroxyl groups excluding tert-OH is 2. The van der Waals surface area contributed by atoms with Gasteiger partial charge in [0.2, 0.25) is 0 Å². The number of rotatable bonds is 3. The topological polar surface area (TPSA) is 99.1 Å². The van der Waals surface area contributed by atoms with Crippen LogP contribution in [0, 0.1) is 17.8 Å². The Bertz CT molecular complexity index is 267. The maximum absolute atomic E-state index is 10.7. The zero-order valence-corrected chi connectivity index (χ0v) is 8.20. The number of hydrogen-bond acceptors (Lipinski definition) is 6. The number of methoxy groups -OCH3 is 1. The number of ether oxygens (including phenoxy) is 2. The zero-order valence-electron chi connectivity index (χ0n) is 8.20. The van der Waals surface area contributed by atoms with Crippen LogP contribution in [0.4, 0.5) is 0 Å². The van der Waals surface area contributed by atoms with Gasteiger partial charge in [-0.05, 0) is 0 Å². The Morgan fingerprint density at radius 3 is 2.67 bits per heavy atom. The molecule has 2 aliphatic rings. The molecule has 0 bridgehead atoms. The fourth-order valence-corrected chi connectivity index (χ4v) is 2.42. The van der Waals surface area contributed by atoms with Gasteiger partial charge in [-0.3, -0.25) is 0 Å². The first kappa shape index (κ1) is 10.8. The van der Waals surface area contributed by atoms with Crippen LogP contribution >= 0.6 is 0 Å². The van der Waals surface area contributed by atoms with Gasteiger partial charge in [-0.25, -0.2) is 0 Å². The van der Waals surface area contributed by atoms with E-state index in [1.165, 1.54) is 7.11 Å². The van der Waals surface area contributed by atoms with E-state index in [9.17, 15) is 15.0 Å². The van der Waals surface area contributed by atoms with Crippen molar-refractivity contribution in [1.82, 2.24) is 0 Å². The van der Waals surface area contributed by atoms with Gasteiger partial charge in [-0.1, -0.05) is 0 Å². The van der Waals surface area contributed by atoms with Crippen LogP contribution in [0.3, 0.4) is 0 Å². The summed E-state index contributed by atoms with van der Waals surface area (Å²) in [6.07, 6.45) is -2.42. The van der Waals surface area contributed by atoms with Gasteiger partial charge in [0, 0.05) is 30.8 Å². The van der Waals surface area contributed by atoms with Gasteiger partial charge >= 0.3 is 0 Å². The highest BCUT2D eigenvalue weighted by Gasteiger charge is 2.64. The summed E-state index contributed by atoms with van der Waals surface area (Å²) in [5.74, 6) is -2.72. The number of carbonyl (C=O) groups excluding carboxylic acids is 1. The number of carboxylic acid groups (broad SMARTS) is 1. The van der Waals surface area contributed by atoms with Gasteiger partial charge in [0.1, 0.15) is 6.10 Å². The van der Waals surface area contributed by atoms with E-state index in [1.807, 2.05) is 0 Å².